The number of hydrogen-bond acceptors (Lipinski definition) is 8. The first-order valence-electron chi connectivity index (χ1n) is 14.8. The molecule has 5 saturated carbocycles. The molecule has 4 N–H and O–H groups in total. The van der Waals surface area contributed by atoms with E-state index in [2.05, 4.69) is 57.5 Å². The smallest absolute Gasteiger partial charge is 0.224 e. The van der Waals surface area contributed by atoms with Crippen molar-refractivity contribution in [2.24, 2.45) is 29.1 Å². The molecule has 1 aromatic carbocycles. The van der Waals surface area contributed by atoms with Gasteiger partial charge in [0.1, 0.15) is 17.5 Å². The molecule has 4 bridgehead atoms. The number of nitrogens with zero attached hydrogens (tertiary/aromatic N) is 3. The van der Waals surface area contributed by atoms with Crippen molar-refractivity contribution >= 4 is 23.5 Å². The molecule has 1 unspecified atom stereocenters. The number of anilines is 2. The van der Waals surface area contributed by atoms with Gasteiger partial charge in [-0.25, -0.2) is 4.98 Å². The molecule has 2 aromatic rings. The number of rotatable bonds is 10. The minimum Gasteiger partial charge on any atom is -0.393 e. The molecule has 0 spiro atoms. The molecule has 0 saturated heterocycles. The monoisotopic (exact) mass is 546 g/mol. The van der Waals surface area contributed by atoms with Gasteiger partial charge in [0, 0.05) is 24.0 Å². The Morgan fingerprint density at radius 3 is 2.59 bits per heavy atom. The molecule has 1 heterocycles. The lowest BCUT2D eigenvalue weighted by atomic mass is 9.48. The fraction of sp³-hybridized carbons (Fsp3) is 0.645. The second kappa shape index (κ2) is 11.6. The zero-order chi connectivity index (χ0) is 26.8. The highest BCUT2D eigenvalue weighted by molar-refractivity contribution is 7.98. The van der Waals surface area contributed by atoms with Crippen molar-refractivity contribution in [1.82, 2.24) is 15.3 Å². The van der Waals surface area contributed by atoms with Gasteiger partial charge in [0.2, 0.25) is 5.95 Å². The maximum Gasteiger partial charge on any atom is 0.224 e. The number of benzene rings is 1. The second-order valence-corrected chi connectivity index (χ2v) is 13.5. The molecule has 5 atom stereocenters. The van der Waals surface area contributed by atoms with Crippen LogP contribution < -0.4 is 16.0 Å². The topological polar surface area (TPSA) is 106 Å². The molecular weight excluding hydrogens is 504 g/mol. The first kappa shape index (κ1) is 26.9. The number of aliphatic hydroxyl groups excluding tert-OH is 1. The van der Waals surface area contributed by atoms with E-state index in [4.69, 9.17) is 4.98 Å². The number of aromatic nitrogens is 2. The predicted molar refractivity (Wildman–Crippen MR) is 157 cm³/mol. The van der Waals surface area contributed by atoms with Gasteiger partial charge in [-0.3, -0.25) is 0 Å². The molecule has 7 rings (SSSR count). The summed E-state index contributed by atoms with van der Waals surface area (Å²) in [7, 11) is 0. The van der Waals surface area contributed by atoms with Crippen molar-refractivity contribution in [3.63, 3.8) is 0 Å². The first-order valence-corrected chi connectivity index (χ1v) is 16.0. The zero-order valence-corrected chi connectivity index (χ0v) is 23.8. The van der Waals surface area contributed by atoms with E-state index < -0.39 is 0 Å². The Balaban J connectivity index is 1.08. The standard InChI is InChI=1S/C31H42N6OS/c1-39-27-5-3-2-4-22(27)17-34-30-35-18-25(15-32)29(37-30)36-19-31-12-21-10-23(13-31)28(24(11-21)14-31)33-16-20-6-8-26(38)9-7-20/h2-5,18,20-21,23-24,26,28,33,38H,6-14,16-17,19H2,1H3,(H2,34,35,36,37)/t20-,21?,23-,24+,26+,28-,31-. The van der Waals surface area contributed by atoms with Crippen LogP contribution in [0.5, 0.6) is 0 Å². The van der Waals surface area contributed by atoms with E-state index in [9.17, 15) is 10.4 Å². The molecular formula is C31H42N6OS. The predicted octanol–water partition coefficient (Wildman–Crippen LogP) is 5.43. The van der Waals surface area contributed by atoms with Gasteiger partial charge in [-0.1, -0.05) is 18.2 Å². The van der Waals surface area contributed by atoms with Crippen molar-refractivity contribution in [3.05, 3.63) is 41.6 Å². The number of aliphatic hydroxyl groups is 1. The molecule has 5 aliphatic carbocycles. The van der Waals surface area contributed by atoms with E-state index >= 15 is 0 Å². The van der Waals surface area contributed by atoms with Gasteiger partial charge in [0.15, 0.2) is 0 Å². The Bertz CT molecular complexity index is 1180. The van der Waals surface area contributed by atoms with Crippen molar-refractivity contribution in [2.75, 3.05) is 30.0 Å². The van der Waals surface area contributed by atoms with Crippen molar-refractivity contribution in [3.8, 4) is 6.07 Å². The molecule has 0 aliphatic heterocycles. The molecule has 208 valence electrons. The lowest BCUT2D eigenvalue weighted by Crippen LogP contribution is -2.60. The summed E-state index contributed by atoms with van der Waals surface area (Å²) in [5.41, 5.74) is 2.02. The van der Waals surface area contributed by atoms with Crippen LogP contribution in [-0.2, 0) is 6.54 Å². The lowest BCUT2D eigenvalue weighted by Gasteiger charge is -2.60. The van der Waals surface area contributed by atoms with Crippen LogP contribution in [0.2, 0.25) is 0 Å². The van der Waals surface area contributed by atoms with E-state index in [1.165, 1.54) is 42.6 Å². The Labute approximate surface area is 237 Å². The van der Waals surface area contributed by atoms with E-state index in [0.717, 1.165) is 62.4 Å². The third-order valence-corrected chi connectivity index (χ3v) is 10.9. The number of nitriles is 1. The Hall–Kier alpha value is -2.34. The van der Waals surface area contributed by atoms with Gasteiger partial charge in [-0.05, 0) is 111 Å². The van der Waals surface area contributed by atoms with Gasteiger partial charge in [-0.15, -0.1) is 11.8 Å². The molecule has 7 nitrogen and oxygen atoms in total. The van der Waals surface area contributed by atoms with Gasteiger partial charge in [-0.2, -0.15) is 10.2 Å². The summed E-state index contributed by atoms with van der Waals surface area (Å²) in [5.74, 6) is 4.27. The highest BCUT2D eigenvalue weighted by Crippen LogP contribution is 2.60. The zero-order valence-electron chi connectivity index (χ0n) is 23.0. The second-order valence-electron chi connectivity index (χ2n) is 12.7. The number of nitrogens with one attached hydrogen (secondary N) is 3. The highest BCUT2D eigenvalue weighted by atomic mass is 32.2. The van der Waals surface area contributed by atoms with Gasteiger partial charge in [0.05, 0.1) is 12.3 Å². The largest absolute Gasteiger partial charge is 0.393 e. The average molecular weight is 547 g/mol. The van der Waals surface area contributed by atoms with E-state index in [1.54, 1.807) is 18.0 Å². The summed E-state index contributed by atoms with van der Waals surface area (Å²) >= 11 is 1.74. The summed E-state index contributed by atoms with van der Waals surface area (Å²) in [6.07, 6.45) is 14.5. The Morgan fingerprint density at radius 1 is 1.08 bits per heavy atom. The quantitative estimate of drug-likeness (QED) is 0.292. The normalized spacial score (nSPS) is 33.1. The first-order chi connectivity index (χ1) is 19.0. The molecule has 1 aromatic heterocycles. The summed E-state index contributed by atoms with van der Waals surface area (Å²) in [4.78, 5) is 10.4. The molecule has 8 heteroatoms. The fourth-order valence-corrected chi connectivity index (χ4v) is 8.99. The lowest BCUT2D eigenvalue weighted by molar-refractivity contribution is -0.0704. The summed E-state index contributed by atoms with van der Waals surface area (Å²) in [5, 5.41) is 30.6. The van der Waals surface area contributed by atoms with Crippen LogP contribution >= 0.6 is 11.8 Å². The minimum atomic E-state index is -0.0741. The van der Waals surface area contributed by atoms with Crippen molar-refractivity contribution in [1.29, 1.82) is 5.26 Å². The third-order valence-electron chi connectivity index (χ3n) is 10.0. The number of hydrogen-bond donors (Lipinski definition) is 4. The van der Waals surface area contributed by atoms with Crippen LogP contribution in [0.25, 0.3) is 0 Å². The van der Waals surface area contributed by atoms with E-state index in [1.807, 2.05) is 0 Å². The van der Waals surface area contributed by atoms with E-state index in [-0.39, 0.29) is 6.10 Å². The van der Waals surface area contributed by atoms with Gasteiger partial charge in [0.25, 0.3) is 0 Å². The molecule has 5 fully saturated rings. The van der Waals surface area contributed by atoms with Crippen molar-refractivity contribution in [2.45, 2.75) is 81.4 Å². The SMILES string of the molecule is CSc1ccccc1CNc1ncc(C#N)c(NC[C@]23CC4C[C@H](C2)[C@@H](NC[C@H]2CC[C@@H](O)CC2)[C@@H](C4)C3)n1. The summed E-state index contributed by atoms with van der Waals surface area (Å²) in [6.45, 7) is 2.64. The number of thioether (sulfide) groups is 1. The Kier molecular flexibility index (Phi) is 8.02. The van der Waals surface area contributed by atoms with Crippen molar-refractivity contribution < 1.29 is 5.11 Å². The third kappa shape index (κ3) is 5.91. The van der Waals surface area contributed by atoms with Crippen LogP contribution in [0.3, 0.4) is 0 Å². The highest BCUT2D eigenvalue weighted by Gasteiger charge is 2.55. The van der Waals surface area contributed by atoms with E-state index in [0.29, 0.717) is 35.3 Å². The van der Waals surface area contributed by atoms with Crippen LogP contribution in [0.15, 0.2) is 35.4 Å². The van der Waals surface area contributed by atoms with Crippen LogP contribution in [0.4, 0.5) is 11.8 Å². The van der Waals surface area contributed by atoms with Crippen LogP contribution in [-0.4, -0.2) is 46.6 Å². The van der Waals surface area contributed by atoms with Gasteiger partial charge >= 0.3 is 0 Å². The molecule has 39 heavy (non-hydrogen) atoms. The average Bonchev–Trinajstić information content (AvgIpc) is 2.95. The molecule has 0 amide bonds. The summed E-state index contributed by atoms with van der Waals surface area (Å²) in [6, 6.07) is 11.3. The fourth-order valence-electron chi connectivity index (χ4n) is 8.37. The van der Waals surface area contributed by atoms with Crippen LogP contribution in [0, 0.1) is 40.4 Å². The minimum absolute atomic E-state index is 0.0741. The molecule has 0 radical (unpaired) electrons. The molecule has 5 aliphatic rings. The maximum absolute atomic E-state index is 9.86. The van der Waals surface area contributed by atoms with Crippen LogP contribution in [0.1, 0.15) is 68.9 Å². The maximum atomic E-state index is 9.86. The Morgan fingerprint density at radius 2 is 1.85 bits per heavy atom. The summed E-state index contributed by atoms with van der Waals surface area (Å²) < 4.78 is 0. The van der Waals surface area contributed by atoms with Gasteiger partial charge < -0.3 is 21.1 Å².